The van der Waals surface area contributed by atoms with Crippen LogP contribution in [0.1, 0.15) is 37.5 Å². The fourth-order valence-corrected chi connectivity index (χ4v) is 4.62. The lowest BCUT2D eigenvalue weighted by molar-refractivity contribution is -0.139. The number of hydrogen-bond acceptors (Lipinski definition) is 4. The van der Waals surface area contributed by atoms with Gasteiger partial charge in [0.05, 0.1) is 11.9 Å². The Kier molecular flexibility index (Phi) is 9.53. The fourth-order valence-electron chi connectivity index (χ4n) is 3.58. The summed E-state index contributed by atoms with van der Waals surface area (Å²) in [5, 5.41) is 3.36. The molecule has 0 saturated heterocycles. The van der Waals surface area contributed by atoms with E-state index in [1.54, 1.807) is 37.3 Å². The summed E-state index contributed by atoms with van der Waals surface area (Å²) in [5.41, 5.74) is 2.91. The Morgan fingerprint density at radius 3 is 2.18 bits per heavy atom. The number of hydrogen-bond donors (Lipinski definition) is 1. The Bertz CT molecular complexity index is 1110. The van der Waals surface area contributed by atoms with Crippen LogP contribution in [0, 0.1) is 19.8 Å². The molecule has 2 aromatic carbocycles. The van der Waals surface area contributed by atoms with E-state index in [1.165, 1.54) is 4.90 Å². The average molecular weight is 508 g/mol. The maximum atomic E-state index is 13.5. The zero-order chi connectivity index (χ0) is 25.6. The second-order valence-electron chi connectivity index (χ2n) is 9.08. The van der Waals surface area contributed by atoms with Gasteiger partial charge in [0.2, 0.25) is 21.8 Å². The van der Waals surface area contributed by atoms with Crippen LogP contribution in [-0.2, 0) is 26.2 Å². The Balaban J connectivity index is 2.40. The normalized spacial score (nSPS) is 12.4. The van der Waals surface area contributed by atoms with Crippen LogP contribution in [0.2, 0.25) is 5.02 Å². The van der Waals surface area contributed by atoms with Gasteiger partial charge in [0.25, 0.3) is 0 Å². The Labute approximate surface area is 208 Å². The first kappa shape index (κ1) is 27.7. The second kappa shape index (κ2) is 11.7. The van der Waals surface area contributed by atoms with Gasteiger partial charge < -0.3 is 10.2 Å². The van der Waals surface area contributed by atoms with Gasteiger partial charge in [-0.25, -0.2) is 8.42 Å². The van der Waals surface area contributed by atoms with Crippen molar-refractivity contribution >= 4 is 39.1 Å². The van der Waals surface area contributed by atoms with Crippen LogP contribution in [0.5, 0.6) is 0 Å². The van der Waals surface area contributed by atoms with Gasteiger partial charge in [0.1, 0.15) is 12.6 Å². The molecule has 0 heterocycles. The largest absolute Gasteiger partial charge is 0.354 e. The van der Waals surface area contributed by atoms with Crippen LogP contribution < -0.4 is 9.62 Å². The monoisotopic (exact) mass is 507 g/mol. The molecule has 0 radical (unpaired) electrons. The summed E-state index contributed by atoms with van der Waals surface area (Å²) in [6.45, 7) is 9.49. The highest BCUT2D eigenvalue weighted by Gasteiger charge is 2.30. The Hall–Kier alpha value is -2.58. The third kappa shape index (κ3) is 8.02. The van der Waals surface area contributed by atoms with Crippen LogP contribution in [0.15, 0.2) is 42.5 Å². The van der Waals surface area contributed by atoms with E-state index < -0.39 is 28.5 Å². The smallest absolute Gasteiger partial charge is 0.244 e. The van der Waals surface area contributed by atoms with Crippen molar-refractivity contribution in [3.63, 3.8) is 0 Å². The first-order chi connectivity index (χ1) is 15.8. The topological polar surface area (TPSA) is 86.8 Å². The summed E-state index contributed by atoms with van der Waals surface area (Å²) in [6, 6.07) is 11.6. The zero-order valence-corrected chi connectivity index (χ0v) is 22.2. The molecule has 1 N–H and O–H groups in total. The zero-order valence-electron chi connectivity index (χ0n) is 20.6. The number of carbonyl (C=O) groups excluding carboxylic acids is 2. The summed E-state index contributed by atoms with van der Waals surface area (Å²) in [7, 11) is -3.76. The molecule has 0 aliphatic carbocycles. The number of aryl methyl sites for hydroxylation is 2. The number of benzene rings is 2. The number of carbonyl (C=O) groups is 2. The molecule has 0 spiro atoms. The summed E-state index contributed by atoms with van der Waals surface area (Å²) >= 11 is 6.12. The standard InChI is InChI=1S/C25H34ClN3O4S/c1-17(2)14-27-25(31)20(5)28(15-21-8-7-9-22(26)13-21)24(30)16-29(34(6,32)33)23-11-18(3)10-19(4)12-23/h7-13,17,20H,14-16H2,1-6H3,(H,27,31)/t20-/m1/s1. The molecule has 0 aromatic heterocycles. The molecule has 34 heavy (non-hydrogen) atoms. The van der Waals surface area contributed by atoms with Crippen molar-refractivity contribution in [2.24, 2.45) is 5.92 Å². The molecular formula is C25H34ClN3O4S. The van der Waals surface area contributed by atoms with E-state index in [2.05, 4.69) is 5.32 Å². The molecular weight excluding hydrogens is 474 g/mol. The molecule has 186 valence electrons. The summed E-state index contributed by atoms with van der Waals surface area (Å²) < 4.78 is 26.4. The highest BCUT2D eigenvalue weighted by molar-refractivity contribution is 7.92. The third-order valence-electron chi connectivity index (χ3n) is 5.27. The van der Waals surface area contributed by atoms with E-state index in [0.29, 0.717) is 17.3 Å². The molecule has 1 atom stereocenters. The number of nitrogens with zero attached hydrogens (tertiary/aromatic N) is 2. The molecule has 0 fully saturated rings. The van der Waals surface area contributed by atoms with E-state index in [1.807, 2.05) is 39.8 Å². The van der Waals surface area contributed by atoms with Crippen molar-refractivity contribution in [2.45, 2.75) is 47.2 Å². The molecule has 2 amide bonds. The van der Waals surface area contributed by atoms with E-state index in [0.717, 1.165) is 27.3 Å². The lowest BCUT2D eigenvalue weighted by Crippen LogP contribution is -2.51. The fraction of sp³-hybridized carbons (Fsp3) is 0.440. The quantitative estimate of drug-likeness (QED) is 0.528. The molecule has 0 aliphatic heterocycles. The second-order valence-corrected chi connectivity index (χ2v) is 11.4. The molecule has 9 heteroatoms. The van der Waals surface area contributed by atoms with Crippen LogP contribution in [-0.4, -0.2) is 50.5 Å². The highest BCUT2D eigenvalue weighted by Crippen LogP contribution is 2.22. The first-order valence-electron chi connectivity index (χ1n) is 11.2. The van der Waals surface area contributed by atoms with E-state index in [4.69, 9.17) is 11.6 Å². The van der Waals surface area contributed by atoms with Crippen molar-refractivity contribution in [2.75, 3.05) is 23.7 Å². The maximum absolute atomic E-state index is 13.5. The van der Waals surface area contributed by atoms with Gasteiger partial charge in [-0.15, -0.1) is 0 Å². The van der Waals surface area contributed by atoms with Gasteiger partial charge in [0.15, 0.2) is 0 Å². The minimum absolute atomic E-state index is 0.111. The summed E-state index contributed by atoms with van der Waals surface area (Å²) in [6.07, 6.45) is 1.07. The van der Waals surface area contributed by atoms with Crippen LogP contribution in [0.25, 0.3) is 0 Å². The number of amides is 2. The van der Waals surface area contributed by atoms with E-state index in [-0.39, 0.29) is 18.4 Å². The van der Waals surface area contributed by atoms with Gasteiger partial charge >= 0.3 is 0 Å². The number of nitrogens with one attached hydrogen (secondary N) is 1. The number of halogens is 1. The van der Waals surface area contributed by atoms with E-state index in [9.17, 15) is 18.0 Å². The Morgan fingerprint density at radius 2 is 1.65 bits per heavy atom. The maximum Gasteiger partial charge on any atom is 0.244 e. The van der Waals surface area contributed by atoms with Crippen molar-refractivity contribution in [1.82, 2.24) is 10.2 Å². The molecule has 0 saturated carbocycles. The minimum atomic E-state index is -3.76. The third-order valence-corrected chi connectivity index (χ3v) is 6.64. The molecule has 0 bridgehead atoms. The average Bonchev–Trinajstić information content (AvgIpc) is 2.71. The molecule has 2 rings (SSSR count). The minimum Gasteiger partial charge on any atom is -0.354 e. The van der Waals surface area contributed by atoms with Gasteiger partial charge in [-0.3, -0.25) is 13.9 Å². The van der Waals surface area contributed by atoms with Crippen LogP contribution in [0.4, 0.5) is 5.69 Å². The molecule has 0 aliphatic rings. The molecule has 2 aromatic rings. The number of rotatable bonds is 10. The molecule has 7 nitrogen and oxygen atoms in total. The van der Waals surface area contributed by atoms with Crippen molar-refractivity contribution < 1.29 is 18.0 Å². The van der Waals surface area contributed by atoms with Crippen molar-refractivity contribution in [3.8, 4) is 0 Å². The van der Waals surface area contributed by atoms with Gasteiger partial charge in [-0.2, -0.15) is 0 Å². The predicted molar refractivity (Wildman–Crippen MR) is 137 cm³/mol. The van der Waals surface area contributed by atoms with Crippen molar-refractivity contribution in [3.05, 3.63) is 64.2 Å². The summed E-state index contributed by atoms with van der Waals surface area (Å²) in [4.78, 5) is 27.7. The highest BCUT2D eigenvalue weighted by atomic mass is 35.5. The van der Waals surface area contributed by atoms with Gasteiger partial charge in [-0.1, -0.05) is 43.6 Å². The predicted octanol–water partition coefficient (Wildman–Crippen LogP) is 3.91. The van der Waals surface area contributed by atoms with Gasteiger partial charge in [-0.05, 0) is 67.6 Å². The van der Waals surface area contributed by atoms with Crippen LogP contribution >= 0.6 is 11.6 Å². The Morgan fingerprint density at radius 1 is 1.03 bits per heavy atom. The first-order valence-corrected chi connectivity index (χ1v) is 13.4. The lowest BCUT2D eigenvalue weighted by Gasteiger charge is -2.31. The summed E-state index contributed by atoms with van der Waals surface area (Å²) in [5.74, 6) is -0.545. The van der Waals surface area contributed by atoms with E-state index >= 15 is 0 Å². The van der Waals surface area contributed by atoms with Crippen LogP contribution in [0.3, 0.4) is 0 Å². The number of sulfonamides is 1. The lowest BCUT2D eigenvalue weighted by atomic mass is 10.1. The van der Waals surface area contributed by atoms with Gasteiger partial charge in [0, 0.05) is 18.1 Å². The number of anilines is 1. The van der Waals surface area contributed by atoms with Crippen molar-refractivity contribution in [1.29, 1.82) is 0 Å². The SMILES string of the molecule is Cc1cc(C)cc(N(CC(=O)N(Cc2cccc(Cl)c2)[C@H](C)C(=O)NCC(C)C)S(C)(=O)=O)c1. The molecule has 0 unspecified atom stereocenters.